The van der Waals surface area contributed by atoms with Crippen molar-refractivity contribution in [3.05, 3.63) is 10.7 Å². The van der Waals surface area contributed by atoms with Gasteiger partial charge in [-0.05, 0) is 40.6 Å². The lowest BCUT2D eigenvalue weighted by molar-refractivity contribution is 0.253. The first-order valence-electron chi connectivity index (χ1n) is 5.28. The van der Waals surface area contributed by atoms with Crippen molar-refractivity contribution in [1.82, 2.24) is 9.97 Å². The van der Waals surface area contributed by atoms with Gasteiger partial charge in [0, 0.05) is 19.3 Å². The minimum absolute atomic E-state index is 0.245. The summed E-state index contributed by atoms with van der Waals surface area (Å²) in [5.74, 6) is 0.981. The maximum atomic E-state index is 8.96. The van der Waals surface area contributed by atoms with Gasteiger partial charge in [0.25, 0.3) is 0 Å². The van der Waals surface area contributed by atoms with E-state index in [4.69, 9.17) is 10.8 Å². The summed E-state index contributed by atoms with van der Waals surface area (Å²) in [7, 11) is 0. The summed E-state index contributed by atoms with van der Waals surface area (Å²) in [5.41, 5.74) is 5.78. The van der Waals surface area contributed by atoms with E-state index < -0.39 is 0 Å². The van der Waals surface area contributed by atoms with Crippen molar-refractivity contribution in [1.29, 1.82) is 0 Å². The van der Waals surface area contributed by atoms with E-state index in [9.17, 15) is 0 Å². The van der Waals surface area contributed by atoms with Crippen LogP contribution in [0.25, 0.3) is 0 Å². The number of aromatic nitrogens is 2. The fourth-order valence-electron chi connectivity index (χ4n) is 1.71. The van der Waals surface area contributed by atoms with E-state index >= 15 is 0 Å². The van der Waals surface area contributed by atoms with Gasteiger partial charge in [0.1, 0.15) is 5.82 Å². The van der Waals surface area contributed by atoms with Gasteiger partial charge in [-0.3, -0.25) is 0 Å². The normalized spacial score (nSPS) is 17.1. The summed E-state index contributed by atoms with van der Waals surface area (Å²) in [6, 6.07) is 0. The number of nitrogens with two attached hydrogens (primary N) is 1. The molecular weight excluding hydrogens is 272 g/mol. The minimum Gasteiger partial charge on any atom is -0.396 e. The van der Waals surface area contributed by atoms with Crippen molar-refractivity contribution in [2.75, 3.05) is 24.2 Å². The molecule has 1 saturated carbocycles. The first-order chi connectivity index (χ1) is 7.65. The number of nitrogens with one attached hydrogen (secondary N) is 1. The summed E-state index contributed by atoms with van der Waals surface area (Å²) >= 11 is 3.37. The molecule has 0 saturated heterocycles. The van der Waals surface area contributed by atoms with Crippen LogP contribution in [0.3, 0.4) is 0 Å². The SMILES string of the molecule is Nc1ncc(Br)c(NCC2(CCO)CC2)n1. The number of nitrogen functional groups attached to an aromatic ring is 1. The average molecular weight is 287 g/mol. The van der Waals surface area contributed by atoms with Crippen LogP contribution in [-0.4, -0.2) is 28.2 Å². The van der Waals surface area contributed by atoms with Gasteiger partial charge in [-0.1, -0.05) is 0 Å². The summed E-state index contributed by atoms with van der Waals surface area (Å²) in [6.45, 7) is 1.07. The Bertz CT molecular complexity index is 381. The zero-order chi connectivity index (χ0) is 11.6. The van der Waals surface area contributed by atoms with Crippen LogP contribution in [0.15, 0.2) is 10.7 Å². The molecule has 0 aliphatic heterocycles. The predicted molar refractivity (Wildman–Crippen MR) is 66.0 cm³/mol. The molecule has 1 heterocycles. The molecule has 1 aromatic heterocycles. The Morgan fingerprint density at radius 2 is 2.31 bits per heavy atom. The molecule has 88 valence electrons. The largest absolute Gasteiger partial charge is 0.396 e. The molecule has 0 unspecified atom stereocenters. The van der Waals surface area contributed by atoms with Gasteiger partial charge in [0.15, 0.2) is 0 Å². The second-order valence-electron chi connectivity index (χ2n) is 4.25. The number of aliphatic hydroxyl groups is 1. The minimum atomic E-state index is 0.245. The molecule has 4 N–H and O–H groups in total. The summed E-state index contributed by atoms with van der Waals surface area (Å²) in [6.07, 6.45) is 4.81. The Kier molecular flexibility index (Phi) is 3.30. The van der Waals surface area contributed by atoms with Crippen molar-refractivity contribution in [2.24, 2.45) is 5.41 Å². The predicted octanol–water partition coefficient (Wildman–Crippen LogP) is 1.40. The van der Waals surface area contributed by atoms with Gasteiger partial charge in [0.05, 0.1) is 4.47 Å². The number of halogens is 1. The van der Waals surface area contributed by atoms with Crippen LogP contribution in [0.1, 0.15) is 19.3 Å². The fourth-order valence-corrected chi connectivity index (χ4v) is 2.04. The van der Waals surface area contributed by atoms with Gasteiger partial charge < -0.3 is 16.2 Å². The quantitative estimate of drug-likeness (QED) is 0.762. The molecule has 0 radical (unpaired) electrons. The highest BCUT2D eigenvalue weighted by molar-refractivity contribution is 9.10. The number of nitrogens with zero attached hydrogens (tertiary/aromatic N) is 2. The van der Waals surface area contributed by atoms with E-state index in [0.29, 0.717) is 0 Å². The molecule has 16 heavy (non-hydrogen) atoms. The van der Waals surface area contributed by atoms with E-state index in [-0.39, 0.29) is 18.0 Å². The van der Waals surface area contributed by atoms with E-state index in [1.165, 1.54) is 12.8 Å². The van der Waals surface area contributed by atoms with Crippen LogP contribution in [-0.2, 0) is 0 Å². The summed E-state index contributed by atoms with van der Waals surface area (Å²) < 4.78 is 0.807. The van der Waals surface area contributed by atoms with Crippen molar-refractivity contribution in [3.8, 4) is 0 Å². The third-order valence-electron chi connectivity index (χ3n) is 2.99. The zero-order valence-electron chi connectivity index (χ0n) is 8.91. The van der Waals surface area contributed by atoms with Gasteiger partial charge in [-0.2, -0.15) is 4.98 Å². The third kappa shape index (κ3) is 2.62. The van der Waals surface area contributed by atoms with E-state index in [1.54, 1.807) is 6.20 Å². The van der Waals surface area contributed by atoms with Crippen LogP contribution in [0.5, 0.6) is 0 Å². The van der Waals surface area contributed by atoms with Gasteiger partial charge in [-0.25, -0.2) is 4.98 Å². The number of anilines is 2. The first-order valence-corrected chi connectivity index (χ1v) is 6.07. The zero-order valence-corrected chi connectivity index (χ0v) is 10.5. The van der Waals surface area contributed by atoms with Crippen molar-refractivity contribution in [2.45, 2.75) is 19.3 Å². The Balaban J connectivity index is 1.97. The van der Waals surface area contributed by atoms with E-state index in [2.05, 4.69) is 31.2 Å². The maximum absolute atomic E-state index is 8.96. The Morgan fingerprint density at radius 3 is 2.94 bits per heavy atom. The van der Waals surface area contributed by atoms with E-state index in [1.807, 2.05) is 0 Å². The van der Waals surface area contributed by atoms with Crippen molar-refractivity contribution in [3.63, 3.8) is 0 Å². The Morgan fingerprint density at radius 1 is 1.56 bits per heavy atom. The molecule has 2 rings (SSSR count). The third-order valence-corrected chi connectivity index (χ3v) is 3.57. The standard InChI is InChI=1S/C10H15BrN4O/c11-7-5-13-9(12)15-8(7)14-6-10(1-2-10)3-4-16/h5,16H,1-4,6H2,(H3,12,13,14,15). The number of hydrogen-bond acceptors (Lipinski definition) is 5. The summed E-state index contributed by atoms with van der Waals surface area (Å²) in [4.78, 5) is 7.99. The van der Waals surface area contributed by atoms with Crippen LogP contribution >= 0.6 is 15.9 Å². The molecule has 6 heteroatoms. The molecule has 1 aliphatic rings. The lowest BCUT2D eigenvalue weighted by atomic mass is 10.0. The fraction of sp³-hybridized carbons (Fsp3) is 0.600. The van der Waals surface area contributed by atoms with Crippen LogP contribution < -0.4 is 11.1 Å². The lowest BCUT2D eigenvalue weighted by Gasteiger charge is -2.15. The molecule has 1 fully saturated rings. The first kappa shape index (κ1) is 11.6. The van der Waals surface area contributed by atoms with Crippen molar-refractivity contribution < 1.29 is 5.11 Å². The van der Waals surface area contributed by atoms with Gasteiger partial charge in [-0.15, -0.1) is 0 Å². The van der Waals surface area contributed by atoms with E-state index in [0.717, 1.165) is 23.3 Å². The lowest BCUT2D eigenvalue weighted by Crippen LogP contribution is -2.18. The number of aliphatic hydroxyl groups excluding tert-OH is 1. The molecule has 0 aromatic carbocycles. The molecule has 0 spiro atoms. The monoisotopic (exact) mass is 286 g/mol. The number of rotatable bonds is 5. The molecule has 1 aliphatic carbocycles. The molecule has 0 bridgehead atoms. The highest BCUT2D eigenvalue weighted by Gasteiger charge is 2.41. The number of hydrogen-bond donors (Lipinski definition) is 3. The topological polar surface area (TPSA) is 84.1 Å². The Hall–Kier alpha value is -0.880. The van der Waals surface area contributed by atoms with Crippen LogP contribution in [0.2, 0.25) is 0 Å². The smallest absolute Gasteiger partial charge is 0.221 e. The highest BCUT2D eigenvalue weighted by Crippen LogP contribution is 2.48. The molecular formula is C10H15BrN4O. The second-order valence-corrected chi connectivity index (χ2v) is 5.11. The average Bonchev–Trinajstić information content (AvgIpc) is 3.01. The van der Waals surface area contributed by atoms with Gasteiger partial charge >= 0.3 is 0 Å². The van der Waals surface area contributed by atoms with Crippen LogP contribution in [0.4, 0.5) is 11.8 Å². The maximum Gasteiger partial charge on any atom is 0.221 e. The van der Waals surface area contributed by atoms with Gasteiger partial charge in [0.2, 0.25) is 5.95 Å². The second kappa shape index (κ2) is 4.55. The summed E-state index contributed by atoms with van der Waals surface area (Å²) in [5, 5.41) is 12.2. The molecule has 5 nitrogen and oxygen atoms in total. The van der Waals surface area contributed by atoms with Crippen molar-refractivity contribution >= 4 is 27.7 Å². The highest BCUT2D eigenvalue weighted by atomic mass is 79.9. The molecule has 1 aromatic rings. The molecule has 0 atom stereocenters. The van der Waals surface area contributed by atoms with Crippen LogP contribution in [0, 0.1) is 5.41 Å². The molecule has 0 amide bonds. The Labute approximate surface area is 103 Å².